The predicted molar refractivity (Wildman–Crippen MR) is 153 cm³/mol. The van der Waals surface area contributed by atoms with Crippen LogP contribution < -0.4 is 5.48 Å². The molecule has 4 atom stereocenters. The predicted octanol–water partition coefficient (Wildman–Crippen LogP) is 7.17. The molecule has 0 spiro atoms. The average molecular weight is 618 g/mol. The molecule has 3 aliphatic carbocycles. The van der Waals surface area contributed by atoms with Crippen LogP contribution in [0.4, 0.5) is 4.39 Å². The SMILES string of the molecule is N=C(NO)c1cc(F)c2nc([C@]3(O)[C@@H]4CC[C@H]3C[C@H](OCc3c(-c5c(Cl)cccc5Cl)noc3C3CC3)C4)sc2c1. The Morgan fingerprint density at radius 1 is 1.17 bits per heavy atom. The summed E-state index contributed by atoms with van der Waals surface area (Å²) in [6, 6.07) is 8.11. The Morgan fingerprint density at radius 3 is 2.54 bits per heavy atom. The molecule has 3 fully saturated rings. The molecular formula is C29H27Cl2FN4O4S. The molecule has 3 aliphatic rings. The number of nitrogens with one attached hydrogen (secondary N) is 2. The molecular weight excluding hydrogens is 590 g/mol. The monoisotopic (exact) mass is 616 g/mol. The van der Waals surface area contributed by atoms with E-state index < -0.39 is 11.4 Å². The van der Waals surface area contributed by atoms with Crippen molar-refractivity contribution in [2.24, 2.45) is 11.8 Å². The quantitative estimate of drug-likeness (QED) is 0.0985. The van der Waals surface area contributed by atoms with E-state index >= 15 is 0 Å². The average Bonchev–Trinajstić information content (AvgIpc) is 3.53. The van der Waals surface area contributed by atoms with Crippen LogP contribution in [0.25, 0.3) is 21.5 Å². The molecule has 0 radical (unpaired) electrons. The highest BCUT2D eigenvalue weighted by molar-refractivity contribution is 7.18. The van der Waals surface area contributed by atoms with Crippen LogP contribution in [-0.2, 0) is 16.9 Å². The molecule has 0 amide bonds. The second-order valence-electron chi connectivity index (χ2n) is 11.3. The molecule has 4 N–H and O–H groups in total. The zero-order valence-electron chi connectivity index (χ0n) is 21.8. The van der Waals surface area contributed by atoms with Crippen molar-refractivity contribution in [3.63, 3.8) is 0 Å². The van der Waals surface area contributed by atoms with E-state index in [0.29, 0.717) is 56.4 Å². The lowest BCUT2D eigenvalue weighted by molar-refractivity contribution is -0.116. The fraction of sp³-hybridized carbons (Fsp3) is 0.414. The lowest BCUT2D eigenvalue weighted by Gasteiger charge is -2.41. The number of halogens is 3. The molecule has 8 nitrogen and oxygen atoms in total. The van der Waals surface area contributed by atoms with Crippen molar-refractivity contribution in [2.45, 2.75) is 62.8 Å². The van der Waals surface area contributed by atoms with Crippen LogP contribution >= 0.6 is 34.5 Å². The number of aliphatic hydroxyl groups is 1. The lowest BCUT2D eigenvalue weighted by Crippen LogP contribution is -2.44. The summed E-state index contributed by atoms with van der Waals surface area (Å²) in [6.45, 7) is 0.300. The zero-order valence-corrected chi connectivity index (χ0v) is 24.1. The number of ether oxygens (including phenoxy) is 1. The van der Waals surface area contributed by atoms with Gasteiger partial charge in [-0.3, -0.25) is 16.1 Å². The Morgan fingerprint density at radius 2 is 1.88 bits per heavy atom. The van der Waals surface area contributed by atoms with Crippen LogP contribution in [0.1, 0.15) is 66.3 Å². The van der Waals surface area contributed by atoms with E-state index in [9.17, 15) is 9.50 Å². The topological polar surface area (TPSA) is 124 Å². The Hall–Kier alpha value is -2.60. The van der Waals surface area contributed by atoms with Gasteiger partial charge < -0.3 is 14.4 Å². The third-order valence-corrected chi connectivity index (χ3v) is 10.6. The summed E-state index contributed by atoms with van der Waals surface area (Å²) < 4.78 is 27.7. The van der Waals surface area contributed by atoms with Gasteiger partial charge in [-0.15, -0.1) is 11.3 Å². The molecule has 4 aromatic rings. The van der Waals surface area contributed by atoms with Gasteiger partial charge in [0.15, 0.2) is 5.82 Å². The number of nitrogens with zero attached hydrogens (tertiary/aromatic N) is 2. The van der Waals surface area contributed by atoms with Gasteiger partial charge >= 0.3 is 0 Å². The van der Waals surface area contributed by atoms with E-state index in [2.05, 4.69) is 10.1 Å². The third kappa shape index (κ3) is 4.56. The Balaban J connectivity index is 1.13. The maximum atomic E-state index is 14.9. The van der Waals surface area contributed by atoms with E-state index in [-0.39, 0.29) is 34.9 Å². The number of aromatic nitrogens is 2. The van der Waals surface area contributed by atoms with Crippen molar-refractivity contribution in [3.8, 4) is 11.3 Å². The van der Waals surface area contributed by atoms with Crippen molar-refractivity contribution >= 4 is 50.6 Å². The minimum absolute atomic E-state index is 0.0851. The summed E-state index contributed by atoms with van der Waals surface area (Å²) in [6.07, 6.45) is 4.93. The third-order valence-electron chi connectivity index (χ3n) is 8.82. The zero-order chi connectivity index (χ0) is 28.5. The first-order chi connectivity index (χ1) is 19.8. The number of amidine groups is 1. The van der Waals surface area contributed by atoms with Crippen LogP contribution in [0.5, 0.6) is 0 Å². The smallest absolute Gasteiger partial charge is 0.151 e. The van der Waals surface area contributed by atoms with Crippen molar-refractivity contribution < 1.29 is 24.0 Å². The van der Waals surface area contributed by atoms with E-state index in [1.807, 2.05) is 0 Å². The Kier molecular flexibility index (Phi) is 6.84. The van der Waals surface area contributed by atoms with E-state index in [0.717, 1.165) is 43.1 Å². The summed E-state index contributed by atoms with van der Waals surface area (Å²) >= 11 is 14.3. The van der Waals surface area contributed by atoms with Crippen LogP contribution in [-0.4, -0.2) is 32.4 Å². The van der Waals surface area contributed by atoms with Gasteiger partial charge in [0.25, 0.3) is 0 Å². The van der Waals surface area contributed by atoms with Crippen LogP contribution in [0.15, 0.2) is 34.9 Å². The van der Waals surface area contributed by atoms with Crippen molar-refractivity contribution in [3.05, 3.63) is 68.1 Å². The van der Waals surface area contributed by atoms with Gasteiger partial charge in [0, 0.05) is 22.6 Å². The van der Waals surface area contributed by atoms with Gasteiger partial charge in [-0.05, 0) is 74.6 Å². The van der Waals surface area contributed by atoms with Crippen molar-refractivity contribution in [1.29, 1.82) is 5.41 Å². The normalized spacial score (nSPS) is 25.6. The van der Waals surface area contributed by atoms with Crippen molar-refractivity contribution in [1.82, 2.24) is 15.6 Å². The van der Waals surface area contributed by atoms with Crippen LogP contribution in [0.2, 0.25) is 10.0 Å². The summed E-state index contributed by atoms with van der Waals surface area (Å²) in [5.74, 6) is 0.0637. The molecule has 7 rings (SSSR count). The number of thiazole rings is 1. The number of hydrogen-bond donors (Lipinski definition) is 4. The molecule has 2 aromatic heterocycles. The first-order valence-electron chi connectivity index (χ1n) is 13.6. The van der Waals surface area contributed by atoms with E-state index in [1.54, 1.807) is 29.7 Å². The maximum absolute atomic E-state index is 14.9. The molecule has 0 saturated heterocycles. The molecule has 2 aromatic carbocycles. The minimum atomic E-state index is -1.18. The molecule has 214 valence electrons. The molecule has 41 heavy (non-hydrogen) atoms. The highest BCUT2D eigenvalue weighted by atomic mass is 35.5. The van der Waals surface area contributed by atoms with Gasteiger partial charge in [0.2, 0.25) is 0 Å². The largest absolute Gasteiger partial charge is 0.382 e. The summed E-state index contributed by atoms with van der Waals surface area (Å²) in [5.41, 5.74) is 3.06. The van der Waals surface area contributed by atoms with Crippen LogP contribution in [0.3, 0.4) is 0 Å². The first-order valence-corrected chi connectivity index (χ1v) is 15.2. The van der Waals surface area contributed by atoms with Gasteiger partial charge in [-0.1, -0.05) is 34.4 Å². The molecule has 12 heteroatoms. The van der Waals surface area contributed by atoms with Gasteiger partial charge in [-0.25, -0.2) is 9.37 Å². The number of hydroxylamine groups is 1. The Bertz CT molecular complexity index is 1640. The maximum Gasteiger partial charge on any atom is 0.151 e. The van der Waals surface area contributed by atoms with Crippen molar-refractivity contribution in [2.75, 3.05) is 0 Å². The highest BCUT2D eigenvalue weighted by Crippen LogP contribution is 2.57. The number of benzene rings is 2. The number of fused-ring (bicyclic) bond motifs is 3. The molecule has 0 unspecified atom stereocenters. The van der Waals surface area contributed by atoms with E-state index in [1.165, 1.54) is 11.3 Å². The number of rotatable bonds is 7. The summed E-state index contributed by atoms with van der Waals surface area (Å²) in [5, 5.41) is 34.7. The molecule has 2 bridgehead atoms. The van der Waals surface area contributed by atoms with Gasteiger partial charge in [0.1, 0.15) is 33.4 Å². The summed E-state index contributed by atoms with van der Waals surface area (Å²) in [4.78, 5) is 4.54. The van der Waals surface area contributed by atoms with Crippen LogP contribution in [0, 0.1) is 23.1 Å². The summed E-state index contributed by atoms with van der Waals surface area (Å²) in [7, 11) is 0. The second-order valence-corrected chi connectivity index (χ2v) is 13.1. The molecule has 2 heterocycles. The first kappa shape index (κ1) is 27.2. The highest BCUT2D eigenvalue weighted by Gasteiger charge is 2.56. The van der Waals surface area contributed by atoms with Gasteiger partial charge in [0.05, 0.1) is 27.5 Å². The van der Waals surface area contributed by atoms with Gasteiger partial charge in [-0.2, -0.15) is 0 Å². The minimum Gasteiger partial charge on any atom is -0.382 e. The Labute approximate surface area is 248 Å². The number of hydrogen-bond acceptors (Lipinski definition) is 8. The lowest BCUT2D eigenvalue weighted by atomic mass is 9.73. The second kappa shape index (κ2) is 10.3. The standard InChI is InChI=1S/C29H27Cl2FN4O4S/c30-19-2-1-3-20(31)23(19)24-18(26(40-36-24)13-4-5-13)12-39-17-10-15-6-7-16(11-17)29(15,37)28-34-25-21(32)8-14(27(33)35-38)9-22(25)41-28/h1-3,8-9,13,15-17,37-38H,4-7,10-12H2,(H2,33,35)/t15-,16+,17-,29+. The molecule has 0 aliphatic heterocycles. The van der Waals surface area contributed by atoms with E-state index in [4.69, 9.17) is 43.1 Å². The molecule has 3 saturated carbocycles. The fourth-order valence-corrected chi connectivity index (χ4v) is 8.45. The fourth-order valence-electron chi connectivity index (χ4n) is 6.61.